The highest BCUT2D eigenvalue weighted by atomic mass is 32.2. The Morgan fingerprint density at radius 1 is 1.13 bits per heavy atom. The van der Waals surface area contributed by atoms with Crippen molar-refractivity contribution in [2.24, 2.45) is 5.14 Å². The molecule has 9 heteroatoms. The van der Waals surface area contributed by atoms with E-state index in [4.69, 9.17) is 5.14 Å². The molecule has 3 rings (SSSR count). The Bertz CT molecular complexity index is 1240. The van der Waals surface area contributed by atoms with Crippen molar-refractivity contribution >= 4 is 27.4 Å². The molecule has 0 aliphatic rings. The van der Waals surface area contributed by atoms with Crippen LogP contribution >= 0.6 is 0 Å². The summed E-state index contributed by atoms with van der Waals surface area (Å²) in [6, 6.07) is 17.6. The fourth-order valence-electron chi connectivity index (χ4n) is 3.26. The largest absolute Gasteiger partial charge is 0.378 e. The maximum Gasteiger partial charge on any atom is 0.296 e. The molecule has 0 spiro atoms. The van der Waals surface area contributed by atoms with E-state index < -0.39 is 10.2 Å². The van der Waals surface area contributed by atoms with Gasteiger partial charge in [0.05, 0.1) is 11.3 Å². The molecule has 0 bridgehead atoms. The average molecular weight is 438 g/mol. The van der Waals surface area contributed by atoms with Gasteiger partial charge in [-0.3, -0.25) is 9.52 Å². The van der Waals surface area contributed by atoms with Crippen LogP contribution in [0.1, 0.15) is 45.7 Å². The molecule has 0 saturated heterocycles. The van der Waals surface area contributed by atoms with Crippen molar-refractivity contribution in [3.63, 3.8) is 0 Å². The number of rotatable bonds is 7. The number of nitrogens with two attached hydrogens (primary N) is 1. The third-order valence-corrected chi connectivity index (χ3v) is 5.48. The highest BCUT2D eigenvalue weighted by Crippen LogP contribution is 2.28. The summed E-state index contributed by atoms with van der Waals surface area (Å²) in [6.45, 7) is 1.90. The van der Waals surface area contributed by atoms with Crippen LogP contribution < -0.4 is 14.8 Å². The Labute approximate surface area is 181 Å². The molecule has 31 heavy (non-hydrogen) atoms. The number of anilines is 2. The van der Waals surface area contributed by atoms with Crippen molar-refractivity contribution < 1.29 is 13.2 Å². The second kappa shape index (κ2) is 8.63. The predicted molar refractivity (Wildman–Crippen MR) is 120 cm³/mol. The number of nitrogens with zero attached hydrogens (tertiary/aromatic N) is 2. The van der Waals surface area contributed by atoms with Crippen LogP contribution in [0.25, 0.3) is 0 Å². The Morgan fingerprint density at radius 2 is 1.74 bits per heavy atom. The van der Waals surface area contributed by atoms with Crippen molar-refractivity contribution in [2.45, 2.75) is 12.8 Å². The van der Waals surface area contributed by atoms with E-state index in [1.807, 2.05) is 38.1 Å². The van der Waals surface area contributed by atoms with Gasteiger partial charge < -0.3 is 9.88 Å². The van der Waals surface area contributed by atoms with Crippen molar-refractivity contribution in [1.29, 1.82) is 5.26 Å². The third kappa shape index (κ3) is 5.12. The monoisotopic (exact) mass is 437 g/mol. The average Bonchev–Trinajstić information content (AvgIpc) is 3.16. The molecule has 2 aromatic carbocycles. The zero-order valence-electron chi connectivity index (χ0n) is 17.4. The summed E-state index contributed by atoms with van der Waals surface area (Å²) in [5, 5.41) is 14.6. The van der Waals surface area contributed by atoms with E-state index >= 15 is 0 Å². The lowest BCUT2D eigenvalue weighted by Crippen LogP contribution is -2.21. The Balaban J connectivity index is 1.87. The van der Waals surface area contributed by atoms with Crippen LogP contribution in [-0.2, 0) is 10.2 Å². The first-order chi connectivity index (χ1) is 14.6. The molecular weight excluding hydrogens is 414 g/mol. The van der Waals surface area contributed by atoms with E-state index in [0.29, 0.717) is 28.2 Å². The van der Waals surface area contributed by atoms with Gasteiger partial charge in [-0.05, 0) is 48.0 Å². The van der Waals surface area contributed by atoms with Gasteiger partial charge in [0.1, 0.15) is 6.07 Å². The lowest BCUT2D eigenvalue weighted by atomic mass is 9.95. The van der Waals surface area contributed by atoms with Crippen molar-refractivity contribution in [2.75, 3.05) is 23.7 Å². The predicted octanol–water partition coefficient (Wildman–Crippen LogP) is 2.95. The minimum Gasteiger partial charge on any atom is -0.378 e. The van der Waals surface area contributed by atoms with Gasteiger partial charge in [0.25, 0.3) is 10.2 Å². The minimum absolute atomic E-state index is 0.201. The molecule has 1 atom stereocenters. The molecule has 8 nitrogen and oxygen atoms in total. The molecule has 0 radical (unpaired) electrons. The summed E-state index contributed by atoms with van der Waals surface area (Å²) in [7, 11) is -0.00698. The van der Waals surface area contributed by atoms with Crippen LogP contribution in [0.2, 0.25) is 0 Å². The summed E-state index contributed by atoms with van der Waals surface area (Å²) in [4.78, 5) is 18.0. The van der Waals surface area contributed by atoms with E-state index in [1.165, 1.54) is 0 Å². The molecule has 1 heterocycles. The lowest BCUT2D eigenvalue weighted by Gasteiger charge is -2.13. The maximum atomic E-state index is 12.9. The first kappa shape index (κ1) is 22.1. The molecule has 1 aromatic heterocycles. The van der Waals surface area contributed by atoms with Gasteiger partial charge in [-0.25, -0.2) is 5.14 Å². The van der Waals surface area contributed by atoms with Gasteiger partial charge in [-0.15, -0.1) is 0 Å². The normalized spacial score (nSPS) is 12.1. The summed E-state index contributed by atoms with van der Waals surface area (Å²) >= 11 is 0. The minimum atomic E-state index is -3.85. The van der Waals surface area contributed by atoms with Crippen LogP contribution in [0.3, 0.4) is 0 Å². The second-order valence-electron chi connectivity index (χ2n) is 7.38. The van der Waals surface area contributed by atoms with Crippen molar-refractivity contribution in [3.8, 4) is 6.07 Å². The third-order valence-electron chi connectivity index (χ3n) is 4.96. The molecular formula is C22H23N5O3S. The van der Waals surface area contributed by atoms with E-state index in [1.54, 1.807) is 42.5 Å². The lowest BCUT2D eigenvalue weighted by molar-refractivity contribution is 0.103. The Kier molecular flexibility index (Phi) is 6.15. The number of aromatic amines is 1. The summed E-state index contributed by atoms with van der Waals surface area (Å²) in [5.74, 6) is -0.427. The molecule has 160 valence electrons. The molecule has 0 saturated carbocycles. The number of ketones is 1. The Morgan fingerprint density at radius 3 is 2.26 bits per heavy atom. The first-order valence-corrected chi connectivity index (χ1v) is 11.0. The highest BCUT2D eigenvalue weighted by Gasteiger charge is 2.20. The van der Waals surface area contributed by atoms with Crippen molar-refractivity contribution in [1.82, 2.24) is 4.98 Å². The molecule has 0 fully saturated rings. The number of carbonyl (C=O) groups is 1. The number of nitrogens with one attached hydrogen (secondary N) is 2. The maximum absolute atomic E-state index is 12.9. The van der Waals surface area contributed by atoms with E-state index in [2.05, 4.69) is 15.8 Å². The molecule has 4 N–H and O–H groups in total. The van der Waals surface area contributed by atoms with Crippen LogP contribution in [0.5, 0.6) is 0 Å². The number of H-pyrrole nitrogens is 1. The molecule has 0 amide bonds. The van der Waals surface area contributed by atoms with Crippen molar-refractivity contribution in [3.05, 3.63) is 82.7 Å². The molecule has 1 unspecified atom stereocenters. The number of aromatic nitrogens is 1. The van der Waals surface area contributed by atoms with Gasteiger partial charge in [0, 0.05) is 42.6 Å². The number of hydrogen-bond acceptors (Lipinski definition) is 5. The fourth-order valence-corrected chi connectivity index (χ4v) is 3.73. The van der Waals surface area contributed by atoms with Crippen LogP contribution in [-0.4, -0.2) is 33.3 Å². The molecule has 3 aromatic rings. The van der Waals surface area contributed by atoms with E-state index in [9.17, 15) is 18.5 Å². The second-order valence-corrected chi connectivity index (χ2v) is 8.68. The highest BCUT2D eigenvalue weighted by molar-refractivity contribution is 7.90. The standard InChI is InChI=1S/C22H23N5O3S/c1-14(15-4-8-18(9-5-15)26-31(24,29)30)21-17(13-23)12-20(25-21)22(28)16-6-10-19(11-7-16)27(2)3/h4-12,14,25-26H,1-3H3,(H2,24,29,30). The zero-order chi connectivity index (χ0) is 22.8. The zero-order valence-corrected chi connectivity index (χ0v) is 18.2. The van der Waals surface area contributed by atoms with Crippen LogP contribution in [0, 0.1) is 11.3 Å². The van der Waals surface area contributed by atoms with Crippen LogP contribution in [0.15, 0.2) is 54.6 Å². The summed E-state index contributed by atoms with van der Waals surface area (Å²) in [6.07, 6.45) is 0. The number of benzene rings is 2. The van der Waals surface area contributed by atoms with E-state index in [0.717, 1.165) is 11.3 Å². The summed E-state index contributed by atoms with van der Waals surface area (Å²) < 4.78 is 24.5. The number of hydrogen-bond donors (Lipinski definition) is 3. The first-order valence-electron chi connectivity index (χ1n) is 9.44. The quantitative estimate of drug-likeness (QED) is 0.489. The molecule has 0 aliphatic heterocycles. The van der Waals surface area contributed by atoms with Gasteiger partial charge in [0.2, 0.25) is 5.78 Å². The molecule has 0 aliphatic carbocycles. The van der Waals surface area contributed by atoms with Gasteiger partial charge in [-0.1, -0.05) is 19.1 Å². The fraction of sp³-hybridized carbons (Fsp3) is 0.182. The van der Waals surface area contributed by atoms with Gasteiger partial charge in [0.15, 0.2) is 0 Å². The van der Waals surface area contributed by atoms with Gasteiger partial charge >= 0.3 is 0 Å². The number of nitriles is 1. The van der Waals surface area contributed by atoms with E-state index in [-0.39, 0.29) is 11.7 Å². The smallest absolute Gasteiger partial charge is 0.296 e. The van der Waals surface area contributed by atoms with Gasteiger partial charge in [-0.2, -0.15) is 13.7 Å². The van der Waals surface area contributed by atoms with Crippen LogP contribution in [0.4, 0.5) is 11.4 Å². The Hall–Kier alpha value is -3.61. The topological polar surface area (TPSA) is 132 Å². The summed E-state index contributed by atoms with van der Waals surface area (Å²) in [5.41, 5.74) is 4.01. The SMILES string of the molecule is CC(c1ccc(NS(N)(=O)=O)cc1)c1[nH]c(C(=O)c2ccc(N(C)C)cc2)cc1C#N. The number of carbonyl (C=O) groups excluding carboxylic acids is 1.